The molecule has 1 fully saturated rings. The Hall–Kier alpha value is -1.88. The number of likely N-dealkylation sites (tertiary alicyclic amines) is 1. The summed E-state index contributed by atoms with van der Waals surface area (Å²) in [6.07, 6.45) is 0.685. The van der Waals surface area contributed by atoms with Crippen LogP contribution in [0.5, 0.6) is 0 Å². The number of hydrogen-bond acceptors (Lipinski definition) is 3. The molecule has 0 aromatic heterocycles. The van der Waals surface area contributed by atoms with E-state index in [9.17, 15) is 14.7 Å². The summed E-state index contributed by atoms with van der Waals surface area (Å²) in [7, 11) is 0. The lowest BCUT2D eigenvalue weighted by Crippen LogP contribution is -2.39. The number of nitrogens with one attached hydrogen (secondary N) is 1. The van der Waals surface area contributed by atoms with Gasteiger partial charge in [-0.3, -0.25) is 9.59 Å². The van der Waals surface area contributed by atoms with E-state index in [4.69, 9.17) is 0 Å². The van der Waals surface area contributed by atoms with Crippen LogP contribution in [0.25, 0.3) is 0 Å². The van der Waals surface area contributed by atoms with Gasteiger partial charge in [-0.05, 0) is 42.9 Å². The molecule has 2 amide bonds. The number of anilines is 1. The zero-order valence-electron chi connectivity index (χ0n) is 14.1. The first-order chi connectivity index (χ1) is 10.7. The minimum atomic E-state index is -0.385. The first-order valence-electron chi connectivity index (χ1n) is 8.07. The molecule has 126 valence electrons. The fourth-order valence-electron chi connectivity index (χ4n) is 3.10. The average molecular weight is 318 g/mol. The number of carbonyl (C=O) groups is 2. The third-order valence-electron chi connectivity index (χ3n) is 4.11. The van der Waals surface area contributed by atoms with E-state index in [0.29, 0.717) is 31.6 Å². The highest BCUT2D eigenvalue weighted by Gasteiger charge is 2.31. The predicted octanol–water partition coefficient (Wildman–Crippen LogP) is 2.33. The fraction of sp³-hybridized carbons (Fsp3) is 0.556. The number of amides is 2. The molecule has 0 spiro atoms. The van der Waals surface area contributed by atoms with E-state index in [2.05, 4.69) is 5.32 Å². The van der Waals surface area contributed by atoms with Crippen molar-refractivity contribution >= 4 is 17.5 Å². The van der Waals surface area contributed by atoms with Crippen molar-refractivity contribution < 1.29 is 14.7 Å². The zero-order valence-corrected chi connectivity index (χ0v) is 14.1. The van der Waals surface area contributed by atoms with E-state index in [1.165, 1.54) is 0 Å². The van der Waals surface area contributed by atoms with Crippen LogP contribution in [0.2, 0.25) is 0 Å². The summed E-state index contributed by atoms with van der Waals surface area (Å²) in [5.74, 6) is -0.486. The van der Waals surface area contributed by atoms with Gasteiger partial charge in [-0.25, -0.2) is 0 Å². The second kappa shape index (κ2) is 7.13. The van der Waals surface area contributed by atoms with Gasteiger partial charge in [0.25, 0.3) is 0 Å². The molecular weight excluding hydrogens is 292 g/mol. The SMILES string of the molecule is Cc1cccc(NC(=O)CC(=O)N2CCC(O)CC(C)(C)C2)c1. The Balaban J connectivity index is 1.94. The Morgan fingerprint density at radius 2 is 2.13 bits per heavy atom. The smallest absolute Gasteiger partial charge is 0.233 e. The van der Waals surface area contributed by atoms with Crippen LogP contribution in [0.1, 0.15) is 38.7 Å². The van der Waals surface area contributed by atoms with E-state index in [1.807, 2.05) is 39.0 Å². The molecule has 2 rings (SSSR count). The minimum absolute atomic E-state index is 0.140. The first-order valence-corrected chi connectivity index (χ1v) is 8.07. The Labute approximate surface area is 137 Å². The number of carbonyl (C=O) groups excluding carboxylic acids is 2. The molecule has 0 saturated carbocycles. The van der Waals surface area contributed by atoms with E-state index in [1.54, 1.807) is 11.0 Å². The van der Waals surface area contributed by atoms with Gasteiger partial charge in [-0.1, -0.05) is 26.0 Å². The third kappa shape index (κ3) is 5.36. The maximum atomic E-state index is 12.4. The number of nitrogens with zero attached hydrogens (tertiary/aromatic N) is 1. The normalized spacial score (nSPS) is 20.7. The van der Waals surface area contributed by atoms with Gasteiger partial charge >= 0.3 is 0 Å². The molecule has 1 unspecified atom stereocenters. The first kappa shape index (κ1) is 17.5. The number of rotatable bonds is 3. The molecule has 0 radical (unpaired) electrons. The Morgan fingerprint density at radius 1 is 1.39 bits per heavy atom. The van der Waals surface area contributed by atoms with Crippen molar-refractivity contribution in [1.29, 1.82) is 0 Å². The second-order valence-electron chi connectivity index (χ2n) is 7.22. The van der Waals surface area contributed by atoms with E-state index in [-0.39, 0.29) is 29.8 Å². The van der Waals surface area contributed by atoms with Crippen molar-refractivity contribution in [3.63, 3.8) is 0 Å². The molecule has 1 aliphatic rings. The zero-order chi connectivity index (χ0) is 17.0. The number of aliphatic hydroxyl groups excluding tert-OH is 1. The molecule has 1 atom stereocenters. The van der Waals surface area contributed by atoms with Crippen LogP contribution in [0.3, 0.4) is 0 Å². The van der Waals surface area contributed by atoms with E-state index < -0.39 is 0 Å². The highest BCUT2D eigenvalue weighted by Crippen LogP contribution is 2.28. The Morgan fingerprint density at radius 3 is 2.83 bits per heavy atom. The maximum absolute atomic E-state index is 12.4. The van der Waals surface area contributed by atoms with Gasteiger partial charge in [0.1, 0.15) is 6.42 Å². The summed E-state index contributed by atoms with van der Waals surface area (Å²) in [5.41, 5.74) is 1.62. The molecule has 5 heteroatoms. The van der Waals surface area contributed by atoms with Crippen molar-refractivity contribution in [2.24, 2.45) is 5.41 Å². The lowest BCUT2D eigenvalue weighted by molar-refractivity contribution is -0.135. The minimum Gasteiger partial charge on any atom is -0.393 e. The summed E-state index contributed by atoms with van der Waals surface area (Å²) in [5, 5.41) is 12.7. The molecule has 1 aromatic carbocycles. The highest BCUT2D eigenvalue weighted by atomic mass is 16.3. The molecule has 0 bridgehead atoms. The molecule has 0 aliphatic carbocycles. The molecule has 5 nitrogen and oxygen atoms in total. The topological polar surface area (TPSA) is 69.6 Å². The van der Waals surface area contributed by atoms with E-state index in [0.717, 1.165) is 5.56 Å². The van der Waals surface area contributed by atoms with Gasteiger partial charge in [0.2, 0.25) is 11.8 Å². The van der Waals surface area contributed by atoms with Crippen LogP contribution < -0.4 is 5.32 Å². The molecule has 1 saturated heterocycles. The predicted molar refractivity (Wildman–Crippen MR) is 90.0 cm³/mol. The number of hydrogen-bond donors (Lipinski definition) is 2. The van der Waals surface area contributed by atoms with Crippen LogP contribution in [-0.4, -0.2) is 41.0 Å². The molecule has 1 aliphatic heterocycles. The third-order valence-corrected chi connectivity index (χ3v) is 4.11. The molecule has 1 aromatic rings. The average Bonchev–Trinajstić information content (AvgIpc) is 2.55. The molecule has 23 heavy (non-hydrogen) atoms. The van der Waals surface area contributed by atoms with Gasteiger partial charge < -0.3 is 15.3 Å². The van der Waals surface area contributed by atoms with Gasteiger partial charge in [-0.2, -0.15) is 0 Å². The van der Waals surface area contributed by atoms with Crippen LogP contribution in [0.15, 0.2) is 24.3 Å². The van der Waals surface area contributed by atoms with Gasteiger partial charge in [0.05, 0.1) is 6.10 Å². The van der Waals surface area contributed by atoms with Crippen molar-refractivity contribution in [3.8, 4) is 0 Å². The quantitative estimate of drug-likeness (QED) is 0.840. The highest BCUT2D eigenvalue weighted by molar-refractivity contribution is 6.03. The standard InChI is InChI=1S/C18H26N2O3/c1-13-5-4-6-14(9-13)19-16(22)10-17(23)20-8-7-15(21)11-18(2,3)12-20/h4-6,9,15,21H,7-8,10-12H2,1-3H3,(H,19,22). The lowest BCUT2D eigenvalue weighted by atomic mass is 9.87. The van der Waals surface area contributed by atoms with Gasteiger partial charge in [0, 0.05) is 18.8 Å². The van der Waals surface area contributed by atoms with Crippen LogP contribution in [0, 0.1) is 12.3 Å². The van der Waals surface area contributed by atoms with E-state index >= 15 is 0 Å². The summed E-state index contributed by atoms with van der Waals surface area (Å²) in [4.78, 5) is 26.2. The van der Waals surface area contributed by atoms with Crippen LogP contribution in [-0.2, 0) is 9.59 Å². The molecule has 1 heterocycles. The van der Waals surface area contributed by atoms with Crippen LogP contribution >= 0.6 is 0 Å². The van der Waals surface area contributed by atoms with Gasteiger partial charge in [-0.15, -0.1) is 0 Å². The largest absolute Gasteiger partial charge is 0.393 e. The van der Waals surface area contributed by atoms with Crippen molar-refractivity contribution in [2.45, 2.75) is 46.1 Å². The van der Waals surface area contributed by atoms with Crippen molar-refractivity contribution in [1.82, 2.24) is 4.90 Å². The summed E-state index contributed by atoms with van der Waals surface area (Å²) >= 11 is 0. The summed E-state index contributed by atoms with van der Waals surface area (Å²) < 4.78 is 0. The maximum Gasteiger partial charge on any atom is 0.233 e. The van der Waals surface area contributed by atoms with Gasteiger partial charge in [0.15, 0.2) is 0 Å². The number of aryl methyl sites for hydroxylation is 1. The fourth-order valence-corrected chi connectivity index (χ4v) is 3.10. The second-order valence-corrected chi connectivity index (χ2v) is 7.22. The number of aliphatic hydroxyl groups is 1. The lowest BCUT2D eigenvalue weighted by Gasteiger charge is -2.29. The molecule has 2 N–H and O–H groups in total. The monoisotopic (exact) mass is 318 g/mol. The van der Waals surface area contributed by atoms with Crippen molar-refractivity contribution in [2.75, 3.05) is 18.4 Å². The molecular formula is C18H26N2O3. The summed E-state index contributed by atoms with van der Waals surface area (Å²) in [6.45, 7) is 7.09. The number of benzene rings is 1. The van der Waals surface area contributed by atoms with Crippen molar-refractivity contribution in [3.05, 3.63) is 29.8 Å². The Kier molecular flexibility index (Phi) is 5.42. The summed E-state index contributed by atoms with van der Waals surface area (Å²) in [6, 6.07) is 7.49. The van der Waals surface area contributed by atoms with Crippen LogP contribution in [0.4, 0.5) is 5.69 Å². The Bertz CT molecular complexity index is 583.